The fourth-order valence-corrected chi connectivity index (χ4v) is 2.28. The highest BCUT2D eigenvalue weighted by Crippen LogP contribution is 2.28. The van der Waals surface area contributed by atoms with E-state index in [9.17, 15) is 8.42 Å². The van der Waals surface area contributed by atoms with E-state index < -0.39 is 10.1 Å². The second-order valence-corrected chi connectivity index (χ2v) is 6.04. The molecule has 98 valence electrons. The first kappa shape index (κ1) is 14.7. The minimum atomic E-state index is -3.40. The molecule has 0 N–H and O–H groups in total. The molecule has 0 bridgehead atoms. The maximum absolute atomic E-state index is 11.0. The zero-order valence-corrected chi connectivity index (χ0v) is 11.5. The van der Waals surface area contributed by atoms with Gasteiger partial charge in [-0.2, -0.15) is 8.42 Å². The monoisotopic (exact) mass is 266 g/mol. The third-order valence-corrected chi connectivity index (χ3v) is 3.36. The fraction of sp³-hybridized carbons (Fsp3) is 0.429. The number of rotatable bonds is 6. The van der Waals surface area contributed by atoms with Gasteiger partial charge in [-0.15, -0.1) is 12.3 Å². The predicted octanol–water partition coefficient (Wildman–Crippen LogP) is 2.41. The average molecular weight is 266 g/mol. The molecule has 3 nitrogen and oxygen atoms in total. The SMILES string of the molecule is C#CC[C@H](c1ccccc1)[C@H](C)COS(C)(=O)=O. The summed E-state index contributed by atoms with van der Waals surface area (Å²) < 4.78 is 26.8. The van der Waals surface area contributed by atoms with E-state index >= 15 is 0 Å². The van der Waals surface area contributed by atoms with Gasteiger partial charge in [0.15, 0.2) is 0 Å². The smallest absolute Gasteiger partial charge is 0.264 e. The number of hydrogen-bond acceptors (Lipinski definition) is 3. The van der Waals surface area contributed by atoms with Crippen LogP contribution in [0, 0.1) is 18.3 Å². The largest absolute Gasteiger partial charge is 0.270 e. The van der Waals surface area contributed by atoms with Crippen molar-refractivity contribution < 1.29 is 12.6 Å². The zero-order valence-electron chi connectivity index (χ0n) is 10.7. The number of benzene rings is 1. The Balaban J connectivity index is 2.77. The number of hydrogen-bond donors (Lipinski definition) is 0. The Labute approximate surface area is 109 Å². The van der Waals surface area contributed by atoms with Crippen molar-refractivity contribution in [1.29, 1.82) is 0 Å². The van der Waals surface area contributed by atoms with Crippen molar-refractivity contribution in [3.8, 4) is 12.3 Å². The first-order chi connectivity index (χ1) is 8.44. The second kappa shape index (κ2) is 6.58. The summed E-state index contributed by atoms with van der Waals surface area (Å²) in [5.74, 6) is 2.79. The normalized spacial score (nSPS) is 14.7. The minimum absolute atomic E-state index is 0.0400. The van der Waals surface area contributed by atoms with Gasteiger partial charge in [-0.1, -0.05) is 37.3 Å². The molecule has 2 atom stereocenters. The third-order valence-electron chi connectivity index (χ3n) is 2.80. The molecule has 0 aliphatic rings. The van der Waals surface area contributed by atoms with Crippen molar-refractivity contribution in [2.45, 2.75) is 19.3 Å². The van der Waals surface area contributed by atoms with Gasteiger partial charge in [0.25, 0.3) is 10.1 Å². The molecule has 1 rings (SSSR count). The van der Waals surface area contributed by atoms with Gasteiger partial charge in [0, 0.05) is 6.42 Å². The summed E-state index contributed by atoms with van der Waals surface area (Å²) in [6.07, 6.45) is 7.00. The van der Waals surface area contributed by atoms with Crippen molar-refractivity contribution in [2.24, 2.45) is 5.92 Å². The summed E-state index contributed by atoms with van der Waals surface area (Å²) in [5, 5.41) is 0. The first-order valence-corrected chi connectivity index (χ1v) is 7.58. The molecule has 4 heteroatoms. The summed E-state index contributed by atoms with van der Waals surface area (Å²) in [7, 11) is -3.40. The van der Waals surface area contributed by atoms with Crippen LogP contribution < -0.4 is 0 Å². The molecular weight excluding hydrogens is 248 g/mol. The lowest BCUT2D eigenvalue weighted by molar-refractivity contribution is 0.245. The van der Waals surface area contributed by atoms with Crippen LogP contribution in [0.25, 0.3) is 0 Å². The van der Waals surface area contributed by atoms with Crippen LogP contribution in [0.3, 0.4) is 0 Å². The van der Waals surface area contributed by atoms with E-state index in [1.807, 2.05) is 37.3 Å². The van der Waals surface area contributed by atoms with Crippen LogP contribution in [0.15, 0.2) is 30.3 Å². The van der Waals surface area contributed by atoms with Crippen LogP contribution in [0.4, 0.5) is 0 Å². The van der Waals surface area contributed by atoms with Crippen molar-refractivity contribution in [3.63, 3.8) is 0 Å². The lowest BCUT2D eigenvalue weighted by Gasteiger charge is -2.22. The first-order valence-electron chi connectivity index (χ1n) is 5.77. The molecule has 18 heavy (non-hydrogen) atoms. The second-order valence-electron chi connectivity index (χ2n) is 4.39. The molecule has 1 aromatic rings. The van der Waals surface area contributed by atoms with Crippen LogP contribution in [-0.2, 0) is 14.3 Å². The van der Waals surface area contributed by atoms with Gasteiger partial charge < -0.3 is 0 Å². The van der Waals surface area contributed by atoms with Gasteiger partial charge in [0.2, 0.25) is 0 Å². The summed E-state index contributed by atoms with van der Waals surface area (Å²) >= 11 is 0. The van der Waals surface area contributed by atoms with Gasteiger partial charge in [-0.05, 0) is 17.4 Å². The molecule has 0 unspecified atom stereocenters. The van der Waals surface area contributed by atoms with Gasteiger partial charge >= 0.3 is 0 Å². The quantitative estimate of drug-likeness (QED) is 0.586. The van der Waals surface area contributed by atoms with E-state index in [-0.39, 0.29) is 18.4 Å². The molecule has 0 heterocycles. The van der Waals surface area contributed by atoms with Crippen LogP contribution in [0.1, 0.15) is 24.8 Å². The zero-order chi connectivity index (χ0) is 13.6. The highest BCUT2D eigenvalue weighted by atomic mass is 32.2. The Bertz CT molecular complexity index is 500. The Kier molecular flexibility index (Phi) is 5.39. The van der Waals surface area contributed by atoms with Crippen molar-refractivity contribution in [3.05, 3.63) is 35.9 Å². The van der Waals surface area contributed by atoms with Crippen molar-refractivity contribution in [2.75, 3.05) is 12.9 Å². The Morgan fingerprint density at radius 3 is 2.44 bits per heavy atom. The van der Waals surface area contributed by atoms with Gasteiger partial charge in [-0.25, -0.2) is 0 Å². The van der Waals surface area contributed by atoms with Gasteiger partial charge in [-0.3, -0.25) is 4.18 Å². The molecular formula is C14H18O3S. The molecule has 0 saturated carbocycles. The van der Waals surface area contributed by atoms with E-state index in [1.54, 1.807) is 0 Å². The maximum Gasteiger partial charge on any atom is 0.264 e. The summed E-state index contributed by atoms with van der Waals surface area (Å²) in [6, 6.07) is 9.83. The molecule has 0 spiro atoms. The van der Waals surface area contributed by atoms with Crippen LogP contribution in [0.5, 0.6) is 0 Å². The van der Waals surface area contributed by atoms with E-state index in [1.165, 1.54) is 0 Å². The summed E-state index contributed by atoms with van der Waals surface area (Å²) in [6.45, 7) is 2.10. The molecule has 0 amide bonds. The van der Waals surface area contributed by atoms with Crippen molar-refractivity contribution >= 4 is 10.1 Å². The molecule has 0 radical (unpaired) electrons. The van der Waals surface area contributed by atoms with Gasteiger partial charge in [0.1, 0.15) is 0 Å². The van der Waals surface area contributed by atoms with Crippen molar-refractivity contribution in [1.82, 2.24) is 0 Å². The Morgan fingerprint density at radius 1 is 1.33 bits per heavy atom. The van der Waals surface area contributed by atoms with Crippen LogP contribution in [-0.4, -0.2) is 21.3 Å². The molecule has 0 saturated heterocycles. The number of terminal acetylenes is 1. The highest BCUT2D eigenvalue weighted by Gasteiger charge is 2.20. The molecule has 0 aliphatic carbocycles. The standard InChI is InChI=1S/C14H18O3S/c1-4-8-14(13-9-6-5-7-10-13)12(2)11-17-18(3,15)16/h1,5-7,9-10,12,14H,8,11H2,2-3H3/t12-,14+/m1/s1. The van der Waals surface area contributed by atoms with E-state index in [2.05, 4.69) is 5.92 Å². The molecule has 0 fully saturated rings. The predicted molar refractivity (Wildman–Crippen MR) is 72.6 cm³/mol. The summed E-state index contributed by atoms with van der Waals surface area (Å²) in [4.78, 5) is 0. The van der Waals surface area contributed by atoms with Gasteiger partial charge in [0.05, 0.1) is 12.9 Å². The molecule has 0 aromatic heterocycles. The van der Waals surface area contributed by atoms with Crippen LogP contribution >= 0.6 is 0 Å². The molecule has 0 aliphatic heterocycles. The van der Waals surface area contributed by atoms with E-state index in [0.29, 0.717) is 6.42 Å². The van der Waals surface area contributed by atoms with E-state index in [4.69, 9.17) is 10.6 Å². The highest BCUT2D eigenvalue weighted by molar-refractivity contribution is 7.85. The van der Waals surface area contributed by atoms with Crippen LogP contribution in [0.2, 0.25) is 0 Å². The fourth-order valence-electron chi connectivity index (χ4n) is 1.82. The Morgan fingerprint density at radius 2 is 1.94 bits per heavy atom. The lowest BCUT2D eigenvalue weighted by Crippen LogP contribution is -2.18. The van der Waals surface area contributed by atoms with E-state index in [0.717, 1.165) is 11.8 Å². The topological polar surface area (TPSA) is 43.4 Å². The molecule has 1 aromatic carbocycles. The Hall–Kier alpha value is -1.31. The summed E-state index contributed by atoms with van der Waals surface area (Å²) in [5.41, 5.74) is 1.11. The maximum atomic E-state index is 11.0. The minimum Gasteiger partial charge on any atom is -0.270 e. The average Bonchev–Trinajstić information content (AvgIpc) is 2.33. The lowest BCUT2D eigenvalue weighted by atomic mass is 9.85. The third kappa shape index (κ3) is 4.91.